The van der Waals surface area contributed by atoms with Gasteiger partial charge in [0.05, 0.1) is 5.69 Å². The number of para-hydroxylation sites is 1. The molecule has 0 aromatic heterocycles. The number of hydrogen-bond acceptors (Lipinski definition) is 1. The van der Waals surface area contributed by atoms with Crippen LogP contribution in [0.1, 0.15) is 25.5 Å². The number of carbonyl (C=O) groups excluding carboxylic acids is 1. The molecule has 0 saturated heterocycles. The average Bonchev–Trinajstić information content (AvgIpc) is 2.49. The van der Waals surface area contributed by atoms with Crippen molar-refractivity contribution in [1.82, 2.24) is 0 Å². The predicted octanol–water partition coefficient (Wildman–Crippen LogP) is 2.76. The second-order valence-electron chi connectivity index (χ2n) is 5.40. The van der Waals surface area contributed by atoms with E-state index in [1.807, 2.05) is 0 Å². The Morgan fingerprint density at radius 1 is 1.04 bits per heavy atom. The molecule has 0 spiro atoms. The number of nitrogens with two attached hydrogens (primary N) is 1. The Labute approximate surface area is 132 Å². The minimum Gasteiger partial charge on any atom is -0.330 e. The lowest BCUT2D eigenvalue weighted by Gasteiger charge is -2.17. The zero-order valence-electron chi connectivity index (χ0n) is 12.8. The molecule has 0 bridgehead atoms. The standard InChI is InChI=1S/C17H17F3N2O/c1-10(13-8-7-12(18)9-15(13)20)21-11(2)17(23)22-16-6-4-3-5-14(16)19/h3-11,21H,1-2H3,(H,22,23)/p+1/t10-,11+/m0/s1. The summed E-state index contributed by atoms with van der Waals surface area (Å²) in [5.41, 5.74) is 0.398. The summed E-state index contributed by atoms with van der Waals surface area (Å²) < 4.78 is 40.2. The van der Waals surface area contributed by atoms with E-state index in [4.69, 9.17) is 0 Å². The molecule has 3 N–H and O–H groups in total. The average molecular weight is 323 g/mol. The Hall–Kier alpha value is -2.34. The van der Waals surface area contributed by atoms with Gasteiger partial charge in [0.15, 0.2) is 6.04 Å². The third-order valence-electron chi connectivity index (χ3n) is 3.58. The molecule has 0 aliphatic carbocycles. The van der Waals surface area contributed by atoms with Crippen LogP contribution in [0.5, 0.6) is 0 Å². The van der Waals surface area contributed by atoms with E-state index < -0.39 is 35.4 Å². The van der Waals surface area contributed by atoms with Crippen LogP contribution in [0.15, 0.2) is 42.5 Å². The van der Waals surface area contributed by atoms with Crippen molar-refractivity contribution in [3.8, 4) is 0 Å². The lowest BCUT2D eigenvalue weighted by Crippen LogP contribution is -2.91. The van der Waals surface area contributed by atoms with Crippen LogP contribution in [0, 0.1) is 17.5 Å². The fourth-order valence-electron chi connectivity index (χ4n) is 2.30. The maximum Gasteiger partial charge on any atom is 0.282 e. The van der Waals surface area contributed by atoms with Crippen LogP contribution in [0.3, 0.4) is 0 Å². The van der Waals surface area contributed by atoms with Gasteiger partial charge in [-0.3, -0.25) is 4.79 Å². The summed E-state index contributed by atoms with van der Waals surface area (Å²) in [6, 6.07) is 8.22. The topological polar surface area (TPSA) is 45.7 Å². The Bertz CT molecular complexity index is 706. The zero-order valence-corrected chi connectivity index (χ0v) is 12.8. The third-order valence-corrected chi connectivity index (χ3v) is 3.58. The number of halogens is 3. The lowest BCUT2D eigenvalue weighted by atomic mass is 10.1. The highest BCUT2D eigenvalue weighted by Gasteiger charge is 2.23. The molecule has 0 fully saturated rings. The Morgan fingerprint density at radius 3 is 2.39 bits per heavy atom. The molecule has 0 aliphatic rings. The molecule has 6 heteroatoms. The maximum atomic E-state index is 13.7. The van der Waals surface area contributed by atoms with Crippen molar-refractivity contribution in [2.75, 3.05) is 5.32 Å². The number of nitrogens with one attached hydrogen (secondary N) is 1. The second kappa shape index (κ2) is 7.28. The van der Waals surface area contributed by atoms with Crippen molar-refractivity contribution in [2.24, 2.45) is 0 Å². The van der Waals surface area contributed by atoms with E-state index in [9.17, 15) is 18.0 Å². The SMILES string of the molecule is C[C@H]([NH2+][C@H](C)C(=O)Nc1ccccc1F)c1ccc(F)cc1F. The van der Waals surface area contributed by atoms with Crippen LogP contribution < -0.4 is 10.6 Å². The monoisotopic (exact) mass is 323 g/mol. The molecule has 2 atom stereocenters. The molecule has 0 radical (unpaired) electrons. The van der Waals surface area contributed by atoms with Crippen LogP contribution >= 0.6 is 0 Å². The van der Waals surface area contributed by atoms with E-state index in [1.54, 1.807) is 25.2 Å². The summed E-state index contributed by atoms with van der Waals surface area (Å²) in [6.07, 6.45) is 0. The molecule has 0 aliphatic heterocycles. The molecule has 0 heterocycles. The van der Waals surface area contributed by atoms with Crippen molar-refractivity contribution >= 4 is 11.6 Å². The summed E-state index contributed by atoms with van der Waals surface area (Å²) in [5.74, 6) is -2.23. The second-order valence-corrected chi connectivity index (χ2v) is 5.40. The van der Waals surface area contributed by atoms with Gasteiger partial charge in [-0.15, -0.1) is 0 Å². The van der Waals surface area contributed by atoms with E-state index in [0.717, 1.165) is 6.07 Å². The summed E-state index contributed by atoms with van der Waals surface area (Å²) in [4.78, 5) is 12.1. The predicted molar refractivity (Wildman–Crippen MR) is 81.2 cm³/mol. The molecular formula is C17H18F3N2O+. The number of hydrogen-bond donors (Lipinski definition) is 2. The highest BCUT2D eigenvalue weighted by Crippen LogP contribution is 2.15. The molecule has 122 valence electrons. The fraction of sp³-hybridized carbons (Fsp3) is 0.235. The number of anilines is 1. The lowest BCUT2D eigenvalue weighted by molar-refractivity contribution is -0.710. The van der Waals surface area contributed by atoms with Crippen LogP contribution in [0.4, 0.5) is 18.9 Å². The first-order chi connectivity index (χ1) is 10.9. The Morgan fingerprint density at radius 2 is 1.74 bits per heavy atom. The number of amides is 1. The van der Waals surface area contributed by atoms with Gasteiger partial charge in [0.2, 0.25) is 0 Å². The van der Waals surface area contributed by atoms with Crippen molar-refractivity contribution < 1.29 is 23.3 Å². The normalized spacial score (nSPS) is 13.4. The molecule has 2 rings (SSSR count). The number of carbonyl (C=O) groups is 1. The summed E-state index contributed by atoms with van der Waals surface area (Å²) in [5, 5.41) is 4.12. The van der Waals surface area contributed by atoms with E-state index in [0.29, 0.717) is 5.56 Å². The van der Waals surface area contributed by atoms with E-state index in [1.165, 1.54) is 30.3 Å². The van der Waals surface area contributed by atoms with E-state index >= 15 is 0 Å². The van der Waals surface area contributed by atoms with Crippen molar-refractivity contribution in [2.45, 2.75) is 25.9 Å². The number of quaternary nitrogens is 1. The van der Waals surface area contributed by atoms with Gasteiger partial charge in [0.25, 0.3) is 5.91 Å². The van der Waals surface area contributed by atoms with Crippen LogP contribution in [-0.2, 0) is 4.79 Å². The van der Waals surface area contributed by atoms with E-state index in [2.05, 4.69) is 5.32 Å². The van der Waals surface area contributed by atoms with Gasteiger partial charge < -0.3 is 10.6 Å². The molecular weight excluding hydrogens is 305 g/mol. The molecule has 23 heavy (non-hydrogen) atoms. The van der Waals surface area contributed by atoms with Gasteiger partial charge in [-0.1, -0.05) is 12.1 Å². The van der Waals surface area contributed by atoms with Crippen LogP contribution in [0.2, 0.25) is 0 Å². The minimum absolute atomic E-state index is 0.0957. The first kappa shape index (κ1) is 17.0. The molecule has 2 aromatic carbocycles. The first-order valence-electron chi connectivity index (χ1n) is 7.24. The minimum atomic E-state index is -0.657. The van der Waals surface area contributed by atoms with Crippen LogP contribution in [0.25, 0.3) is 0 Å². The van der Waals surface area contributed by atoms with Crippen molar-refractivity contribution in [1.29, 1.82) is 0 Å². The molecule has 1 amide bonds. The zero-order chi connectivity index (χ0) is 17.0. The third kappa shape index (κ3) is 4.32. The van der Waals surface area contributed by atoms with Gasteiger partial charge in [-0.2, -0.15) is 0 Å². The largest absolute Gasteiger partial charge is 0.330 e. The highest BCUT2D eigenvalue weighted by atomic mass is 19.1. The summed E-state index contributed by atoms with van der Waals surface area (Å²) >= 11 is 0. The maximum absolute atomic E-state index is 13.7. The summed E-state index contributed by atoms with van der Waals surface area (Å²) in [6.45, 7) is 3.34. The molecule has 0 saturated carbocycles. The first-order valence-corrected chi connectivity index (χ1v) is 7.24. The highest BCUT2D eigenvalue weighted by molar-refractivity contribution is 5.93. The molecule has 2 aromatic rings. The molecule has 3 nitrogen and oxygen atoms in total. The number of benzene rings is 2. The summed E-state index contributed by atoms with van der Waals surface area (Å²) in [7, 11) is 0. The van der Waals surface area contributed by atoms with Crippen molar-refractivity contribution in [3.63, 3.8) is 0 Å². The number of rotatable bonds is 5. The van der Waals surface area contributed by atoms with Crippen molar-refractivity contribution in [3.05, 3.63) is 65.5 Å². The van der Waals surface area contributed by atoms with Gasteiger partial charge >= 0.3 is 0 Å². The quantitative estimate of drug-likeness (QED) is 0.873. The van der Waals surface area contributed by atoms with E-state index in [-0.39, 0.29) is 5.69 Å². The van der Waals surface area contributed by atoms with Gasteiger partial charge in [0.1, 0.15) is 23.5 Å². The fourth-order valence-corrected chi connectivity index (χ4v) is 2.30. The Kier molecular flexibility index (Phi) is 5.39. The van der Waals surface area contributed by atoms with Gasteiger partial charge in [-0.05, 0) is 38.1 Å². The van der Waals surface area contributed by atoms with Gasteiger partial charge in [-0.25, -0.2) is 13.2 Å². The van der Waals surface area contributed by atoms with Crippen LogP contribution in [-0.4, -0.2) is 11.9 Å². The Balaban J connectivity index is 2.01. The van der Waals surface area contributed by atoms with Gasteiger partial charge in [0, 0.05) is 11.6 Å². The smallest absolute Gasteiger partial charge is 0.282 e. The molecule has 0 unspecified atom stereocenters.